The van der Waals surface area contributed by atoms with Crippen LogP contribution in [-0.2, 0) is 0 Å². The van der Waals surface area contributed by atoms with Crippen LogP contribution in [0.4, 0.5) is 13.2 Å². The Morgan fingerprint density at radius 1 is 1.11 bits per heavy atom. The highest BCUT2D eigenvalue weighted by atomic mass is 35.5. The second kappa shape index (κ2) is 4.86. The average molecular weight is 274 g/mol. The van der Waals surface area contributed by atoms with Gasteiger partial charge in [0.1, 0.15) is 5.75 Å². The maximum atomic E-state index is 13.3. The molecule has 2 nitrogen and oxygen atoms in total. The molecule has 0 saturated heterocycles. The Morgan fingerprint density at radius 3 is 2.56 bits per heavy atom. The smallest absolute Gasteiger partial charge is 0.258 e. The highest BCUT2D eigenvalue weighted by molar-refractivity contribution is 6.30. The van der Waals surface area contributed by atoms with E-state index in [1.165, 1.54) is 6.07 Å². The number of pyridine rings is 1. The van der Waals surface area contributed by atoms with E-state index in [0.29, 0.717) is 16.7 Å². The standard InChI is InChI=1S/C12H7ClF3NO/c1-6-2-3-7(13)4-10(6)18-12-9(15)5-8(14)11(16)17-12/h2-5H,1H3. The van der Waals surface area contributed by atoms with Gasteiger partial charge in [0.2, 0.25) is 0 Å². The van der Waals surface area contributed by atoms with E-state index in [9.17, 15) is 13.2 Å². The van der Waals surface area contributed by atoms with E-state index in [4.69, 9.17) is 16.3 Å². The Hall–Kier alpha value is -1.75. The van der Waals surface area contributed by atoms with Crippen LogP contribution >= 0.6 is 11.6 Å². The number of hydrogen-bond acceptors (Lipinski definition) is 2. The Morgan fingerprint density at radius 2 is 1.83 bits per heavy atom. The Kier molecular flexibility index (Phi) is 3.43. The summed E-state index contributed by atoms with van der Waals surface area (Å²) in [6, 6.07) is 5.07. The molecule has 0 amide bonds. The molecule has 0 unspecified atom stereocenters. The van der Waals surface area contributed by atoms with Crippen LogP contribution in [0.5, 0.6) is 11.6 Å². The number of aryl methyl sites for hydroxylation is 1. The first-order chi connectivity index (χ1) is 8.47. The molecule has 0 fully saturated rings. The number of nitrogens with zero attached hydrogens (tertiary/aromatic N) is 1. The predicted molar refractivity (Wildman–Crippen MR) is 60.4 cm³/mol. The van der Waals surface area contributed by atoms with E-state index in [2.05, 4.69) is 4.98 Å². The molecule has 0 radical (unpaired) electrons. The van der Waals surface area contributed by atoms with Crippen LogP contribution in [0.3, 0.4) is 0 Å². The van der Waals surface area contributed by atoms with Gasteiger partial charge in [-0.25, -0.2) is 8.78 Å². The fourth-order valence-electron chi connectivity index (χ4n) is 1.29. The molecule has 0 aliphatic heterocycles. The summed E-state index contributed by atoms with van der Waals surface area (Å²) in [6.45, 7) is 1.70. The number of aromatic nitrogens is 1. The van der Waals surface area contributed by atoms with Crippen LogP contribution in [0, 0.1) is 24.5 Å². The predicted octanol–water partition coefficient (Wildman–Crippen LogP) is 4.25. The summed E-state index contributed by atoms with van der Waals surface area (Å²) in [5.74, 6) is -4.30. The molecular weight excluding hydrogens is 267 g/mol. The van der Waals surface area contributed by atoms with Gasteiger partial charge in [-0.1, -0.05) is 17.7 Å². The third kappa shape index (κ3) is 2.56. The van der Waals surface area contributed by atoms with Crippen molar-refractivity contribution in [1.29, 1.82) is 0 Å². The molecule has 94 valence electrons. The van der Waals surface area contributed by atoms with Gasteiger partial charge in [0.15, 0.2) is 11.6 Å². The highest BCUT2D eigenvalue weighted by Gasteiger charge is 2.14. The molecule has 0 saturated carbocycles. The number of halogens is 4. The van der Waals surface area contributed by atoms with Gasteiger partial charge in [-0.3, -0.25) is 0 Å². The molecule has 1 aromatic heterocycles. The van der Waals surface area contributed by atoms with Gasteiger partial charge in [-0.15, -0.1) is 0 Å². The first-order valence-corrected chi connectivity index (χ1v) is 5.30. The van der Waals surface area contributed by atoms with E-state index < -0.39 is 23.5 Å². The molecule has 2 rings (SSSR count). The topological polar surface area (TPSA) is 22.1 Å². The van der Waals surface area contributed by atoms with Crippen molar-refractivity contribution in [3.63, 3.8) is 0 Å². The zero-order valence-electron chi connectivity index (χ0n) is 9.18. The lowest BCUT2D eigenvalue weighted by Crippen LogP contribution is -1.98. The van der Waals surface area contributed by atoms with Gasteiger partial charge in [0.05, 0.1) is 0 Å². The number of rotatable bonds is 2. The summed E-state index contributed by atoms with van der Waals surface area (Å²) in [6.07, 6.45) is 0. The van der Waals surface area contributed by atoms with Crippen molar-refractivity contribution in [2.75, 3.05) is 0 Å². The number of hydrogen-bond donors (Lipinski definition) is 0. The Balaban J connectivity index is 2.40. The summed E-state index contributed by atoms with van der Waals surface area (Å²) in [7, 11) is 0. The lowest BCUT2D eigenvalue weighted by Gasteiger charge is -2.09. The van der Waals surface area contributed by atoms with E-state index in [1.807, 2.05) is 0 Å². The third-order valence-electron chi connectivity index (χ3n) is 2.21. The van der Waals surface area contributed by atoms with E-state index in [-0.39, 0.29) is 5.75 Å². The van der Waals surface area contributed by atoms with Crippen LogP contribution < -0.4 is 4.74 Å². The molecule has 0 N–H and O–H groups in total. The zero-order valence-corrected chi connectivity index (χ0v) is 9.93. The minimum Gasteiger partial charge on any atom is -0.436 e. The van der Waals surface area contributed by atoms with Crippen molar-refractivity contribution in [3.05, 3.63) is 52.4 Å². The summed E-state index contributed by atoms with van der Waals surface area (Å²) < 4.78 is 44.0. The molecule has 2 aromatic rings. The first-order valence-electron chi connectivity index (χ1n) is 4.93. The van der Waals surface area contributed by atoms with E-state index in [0.717, 1.165) is 0 Å². The molecule has 1 heterocycles. The fraction of sp³-hybridized carbons (Fsp3) is 0.0833. The highest BCUT2D eigenvalue weighted by Crippen LogP contribution is 2.28. The van der Waals surface area contributed by atoms with Gasteiger partial charge in [-0.05, 0) is 24.6 Å². The van der Waals surface area contributed by atoms with Crippen molar-refractivity contribution in [2.24, 2.45) is 0 Å². The van der Waals surface area contributed by atoms with Crippen molar-refractivity contribution in [3.8, 4) is 11.6 Å². The Bertz CT molecular complexity index is 604. The average Bonchev–Trinajstić information content (AvgIpc) is 2.30. The van der Waals surface area contributed by atoms with Gasteiger partial charge in [0, 0.05) is 11.1 Å². The maximum Gasteiger partial charge on any atom is 0.258 e. The van der Waals surface area contributed by atoms with Crippen LogP contribution in [0.15, 0.2) is 24.3 Å². The second-order valence-electron chi connectivity index (χ2n) is 3.56. The van der Waals surface area contributed by atoms with Gasteiger partial charge >= 0.3 is 0 Å². The van der Waals surface area contributed by atoms with Crippen molar-refractivity contribution in [1.82, 2.24) is 4.98 Å². The molecule has 1 aromatic carbocycles. The molecular formula is C12H7ClF3NO. The van der Waals surface area contributed by atoms with Crippen LogP contribution in [0.25, 0.3) is 0 Å². The minimum absolute atomic E-state index is 0.222. The van der Waals surface area contributed by atoms with Crippen molar-refractivity contribution in [2.45, 2.75) is 6.92 Å². The molecule has 0 spiro atoms. The summed E-state index contributed by atoms with van der Waals surface area (Å²) in [5, 5.41) is 0.374. The SMILES string of the molecule is Cc1ccc(Cl)cc1Oc1nc(F)c(F)cc1F. The summed E-state index contributed by atoms with van der Waals surface area (Å²) in [4.78, 5) is 3.06. The molecule has 0 bridgehead atoms. The molecule has 0 aliphatic carbocycles. The molecule has 6 heteroatoms. The lowest BCUT2D eigenvalue weighted by atomic mass is 10.2. The second-order valence-corrected chi connectivity index (χ2v) is 4.00. The van der Waals surface area contributed by atoms with Crippen LogP contribution in [0.2, 0.25) is 5.02 Å². The van der Waals surface area contributed by atoms with Gasteiger partial charge < -0.3 is 4.74 Å². The lowest BCUT2D eigenvalue weighted by molar-refractivity contribution is 0.385. The zero-order chi connectivity index (χ0) is 13.3. The molecule has 18 heavy (non-hydrogen) atoms. The summed E-state index contributed by atoms with van der Waals surface area (Å²) >= 11 is 5.75. The van der Waals surface area contributed by atoms with Gasteiger partial charge in [-0.2, -0.15) is 9.37 Å². The normalized spacial score (nSPS) is 10.5. The maximum absolute atomic E-state index is 13.3. The van der Waals surface area contributed by atoms with E-state index in [1.54, 1.807) is 19.1 Å². The monoisotopic (exact) mass is 273 g/mol. The van der Waals surface area contributed by atoms with E-state index >= 15 is 0 Å². The largest absolute Gasteiger partial charge is 0.436 e. The first kappa shape index (κ1) is 12.7. The van der Waals surface area contributed by atoms with Crippen molar-refractivity contribution < 1.29 is 17.9 Å². The van der Waals surface area contributed by atoms with Crippen molar-refractivity contribution >= 4 is 11.6 Å². The fourth-order valence-corrected chi connectivity index (χ4v) is 1.45. The minimum atomic E-state index is -1.42. The van der Waals surface area contributed by atoms with Gasteiger partial charge in [0.25, 0.3) is 11.8 Å². The number of ether oxygens (including phenoxy) is 1. The third-order valence-corrected chi connectivity index (χ3v) is 2.45. The molecule has 0 aliphatic rings. The number of benzene rings is 1. The van der Waals surface area contributed by atoms with Crippen LogP contribution in [-0.4, -0.2) is 4.98 Å². The Labute approximate surface area is 106 Å². The summed E-state index contributed by atoms with van der Waals surface area (Å²) in [5.41, 5.74) is 0.658. The van der Waals surface area contributed by atoms with Crippen LogP contribution in [0.1, 0.15) is 5.56 Å². The molecule has 0 atom stereocenters. The quantitative estimate of drug-likeness (QED) is 0.763.